The fourth-order valence-corrected chi connectivity index (χ4v) is 3.09. The van der Waals surface area contributed by atoms with Crippen LogP contribution >= 0.6 is 11.6 Å². The molecule has 0 unspecified atom stereocenters. The molecule has 0 bridgehead atoms. The van der Waals surface area contributed by atoms with Gasteiger partial charge >= 0.3 is 5.69 Å². The van der Waals surface area contributed by atoms with Crippen LogP contribution in [0, 0.1) is 0 Å². The van der Waals surface area contributed by atoms with Gasteiger partial charge in [-0.25, -0.2) is 9.78 Å². The Kier molecular flexibility index (Phi) is 5.14. The predicted molar refractivity (Wildman–Crippen MR) is 104 cm³/mol. The summed E-state index contributed by atoms with van der Waals surface area (Å²) >= 11 is 6.20. The molecule has 7 nitrogen and oxygen atoms in total. The van der Waals surface area contributed by atoms with Crippen LogP contribution in [0.25, 0.3) is 11.0 Å². The summed E-state index contributed by atoms with van der Waals surface area (Å²) in [6.45, 7) is 2.66. The fourth-order valence-electron chi connectivity index (χ4n) is 2.89. The van der Waals surface area contributed by atoms with Crippen molar-refractivity contribution >= 4 is 28.5 Å². The van der Waals surface area contributed by atoms with E-state index in [0.29, 0.717) is 18.1 Å². The van der Waals surface area contributed by atoms with Crippen molar-refractivity contribution in [1.82, 2.24) is 19.0 Å². The minimum atomic E-state index is -0.493. The van der Waals surface area contributed by atoms with Gasteiger partial charge in [0.1, 0.15) is 11.3 Å². The van der Waals surface area contributed by atoms with Crippen LogP contribution in [-0.4, -0.2) is 31.5 Å². The SMILES string of the molecule is CCN(Cc1ccccc1Cl)C(=O)c1ccc2c(=O)n(C)c(=O)n(C)c2n1. The lowest BCUT2D eigenvalue weighted by Crippen LogP contribution is -2.38. The first kappa shape index (κ1) is 18.8. The molecule has 1 aromatic carbocycles. The number of carbonyl (C=O) groups excluding carboxylic acids is 1. The van der Waals surface area contributed by atoms with Crippen LogP contribution in [0.4, 0.5) is 0 Å². The highest BCUT2D eigenvalue weighted by atomic mass is 35.5. The summed E-state index contributed by atoms with van der Waals surface area (Å²) < 4.78 is 2.28. The average Bonchev–Trinajstić information content (AvgIpc) is 2.69. The third-order valence-electron chi connectivity index (χ3n) is 4.51. The standard InChI is InChI=1S/C19H19ClN4O3/c1-4-24(11-12-7-5-6-8-14(12)20)18(26)15-10-9-13-16(21-15)22(2)19(27)23(3)17(13)25/h5-10H,4,11H2,1-3H3. The molecule has 3 rings (SSSR count). The van der Waals surface area contributed by atoms with Crippen molar-refractivity contribution in [3.05, 3.63) is 73.5 Å². The molecule has 0 saturated carbocycles. The third-order valence-corrected chi connectivity index (χ3v) is 4.88. The molecule has 0 saturated heterocycles. The van der Waals surface area contributed by atoms with E-state index in [1.54, 1.807) is 11.0 Å². The minimum Gasteiger partial charge on any atom is -0.333 e. The number of benzene rings is 1. The van der Waals surface area contributed by atoms with Gasteiger partial charge in [-0.3, -0.25) is 18.7 Å². The maximum atomic E-state index is 12.9. The van der Waals surface area contributed by atoms with Crippen molar-refractivity contribution in [1.29, 1.82) is 0 Å². The molecule has 2 heterocycles. The number of hydrogen-bond acceptors (Lipinski definition) is 4. The fraction of sp³-hybridized carbons (Fsp3) is 0.263. The Morgan fingerprint density at radius 3 is 2.48 bits per heavy atom. The van der Waals surface area contributed by atoms with Gasteiger partial charge in [0, 0.05) is 32.2 Å². The zero-order valence-corrected chi connectivity index (χ0v) is 16.0. The highest BCUT2D eigenvalue weighted by molar-refractivity contribution is 6.31. The molecular formula is C19H19ClN4O3. The zero-order chi connectivity index (χ0) is 19.7. The number of amides is 1. The molecule has 1 amide bonds. The Morgan fingerprint density at radius 1 is 1.11 bits per heavy atom. The molecule has 8 heteroatoms. The predicted octanol–water partition coefficient (Wildman–Crippen LogP) is 1.95. The van der Waals surface area contributed by atoms with E-state index in [0.717, 1.165) is 10.1 Å². The summed E-state index contributed by atoms with van der Waals surface area (Å²) in [6, 6.07) is 10.4. The third kappa shape index (κ3) is 3.38. The van der Waals surface area contributed by atoms with Gasteiger partial charge in [-0.05, 0) is 30.7 Å². The first-order valence-electron chi connectivity index (χ1n) is 8.44. The first-order chi connectivity index (χ1) is 12.8. The number of aryl methyl sites for hydroxylation is 1. The van der Waals surface area contributed by atoms with Crippen molar-refractivity contribution in [2.45, 2.75) is 13.5 Å². The normalized spacial score (nSPS) is 11.0. The largest absolute Gasteiger partial charge is 0.333 e. The molecule has 0 aliphatic rings. The van der Waals surface area contributed by atoms with E-state index in [1.165, 1.54) is 30.8 Å². The number of halogens is 1. The van der Waals surface area contributed by atoms with Crippen LogP contribution in [0.2, 0.25) is 5.02 Å². The maximum Gasteiger partial charge on any atom is 0.332 e. The molecule has 0 aliphatic carbocycles. The number of fused-ring (bicyclic) bond motifs is 1. The van der Waals surface area contributed by atoms with Crippen LogP contribution < -0.4 is 11.2 Å². The highest BCUT2D eigenvalue weighted by Crippen LogP contribution is 2.18. The molecule has 0 N–H and O–H groups in total. The molecule has 0 fully saturated rings. The summed E-state index contributed by atoms with van der Waals surface area (Å²) in [4.78, 5) is 43.2. The van der Waals surface area contributed by atoms with Gasteiger partial charge in [0.15, 0.2) is 0 Å². The molecular weight excluding hydrogens is 368 g/mol. The molecule has 27 heavy (non-hydrogen) atoms. The van der Waals surface area contributed by atoms with E-state index in [4.69, 9.17) is 11.6 Å². The molecule has 0 atom stereocenters. The minimum absolute atomic E-state index is 0.166. The van der Waals surface area contributed by atoms with Crippen LogP contribution in [0.1, 0.15) is 23.0 Å². The van der Waals surface area contributed by atoms with Gasteiger partial charge < -0.3 is 4.90 Å². The summed E-state index contributed by atoms with van der Waals surface area (Å²) in [6.07, 6.45) is 0. The van der Waals surface area contributed by atoms with E-state index in [1.807, 2.05) is 25.1 Å². The van der Waals surface area contributed by atoms with Crippen LogP contribution in [0.15, 0.2) is 46.0 Å². The van der Waals surface area contributed by atoms with Crippen molar-refractivity contribution in [3.8, 4) is 0 Å². The lowest BCUT2D eigenvalue weighted by Gasteiger charge is -2.21. The Bertz CT molecular complexity index is 1150. The number of hydrogen-bond donors (Lipinski definition) is 0. The Balaban J connectivity index is 2.03. The first-order valence-corrected chi connectivity index (χ1v) is 8.82. The number of carbonyl (C=O) groups is 1. The highest BCUT2D eigenvalue weighted by Gasteiger charge is 2.19. The summed E-state index contributed by atoms with van der Waals surface area (Å²) in [5.41, 5.74) is 0.245. The Hall–Kier alpha value is -2.93. The average molecular weight is 387 g/mol. The van der Waals surface area contributed by atoms with Crippen LogP contribution in [-0.2, 0) is 20.6 Å². The van der Waals surface area contributed by atoms with Gasteiger partial charge in [0.2, 0.25) is 0 Å². The smallest absolute Gasteiger partial charge is 0.332 e. The van der Waals surface area contributed by atoms with Gasteiger partial charge in [-0.2, -0.15) is 0 Å². The van der Waals surface area contributed by atoms with E-state index in [9.17, 15) is 14.4 Å². The summed E-state index contributed by atoms with van der Waals surface area (Å²) in [7, 11) is 2.93. The number of aromatic nitrogens is 3. The van der Waals surface area contributed by atoms with E-state index in [-0.39, 0.29) is 22.6 Å². The second-order valence-electron chi connectivity index (χ2n) is 6.18. The van der Waals surface area contributed by atoms with Crippen molar-refractivity contribution in [3.63, 3.8) is 0 Å². The number of rotatable bonds is 4. The second-order valence-corrected chi connectivity index (χ2v) is 6.59. The van der Waals surface area contributed by atoms with Crippen molar-refractivity contribution in [2.75, 3.05) is 6.54 Å². The lowest BCUT2D eigenvalue weighted by atomic mass is 10.2. The zero-order valence-electron chi connectivity index (χ0n) is 15.3. The summed E-state index contributed by atoms with van der Waals surface area (Å²) in [5.74, 6) is -0.299. The lowest BCUT2D eigenvalue weighted by molar-refractivity contribution is 0.0747. The van der Waals surface area contributed by atoms with Crippen molar-refractivity contribution < 1.29 is 4.79 Å². The van der Waals surface area contributed by atoms with E-state index in [2.05, 4.69) is 4.98 Å². The maximum absolute atomic E-state index is 12.9. The molecule has 2 aromatic heterocycles. The topological polar surface area (TPSA) is 77.2 Å². The van der Waals surface area contributed by atoms with E-state index >= 15 is 0 Å². The number of pyridine rings is 1. The van der Waals surface area contributed by atoms with Gasteiger partial charge in [-0.1, -0.05) is 29.8 Å². The second kappa shape index (κ2) is 7.36. The van der Waals surface area contributed by atoms with Crippen LogP contribution in [0.3, 0.4) is 0 Å². The molecule has 140 valence electrons. The molecule has 0 aliphatic heterocycles. The monoisotopic (exact) mass is 386 g/mol. The quantitative estimate of drug-likeness (QED) is 0.686. The van der Waals surface area contributed by atoms with Crippen LogP contribution in [0.5, 0.6) is 0 Å². The van der Waals surface area contributed by atoms with Gasteiger partial charge in [-0.15, -0.1) is 0 Å². The Labute approximate surface area is 160 Å². The summed E-state index contributed by atoms with van der Waals surface area (Å²) in [5, 5.41) is 0.867. The molecule has 0 radical (unpaired) electrons. The molecule has 0 spiro atoms. The van der Waals surface area contributed by atoms with Gasteiger partial charge in [0.25, 0.3) is 11.5 Å². The number of nitrogens with zero attached hydrogens (tertiary/aromatic N) is 4. The van der Waals surface area contributed by atoms with Crippen molar-refractivity contribution in [2.24, 2.45) is 14.1 Å². The van der Waals surface area contributed by atoms with E-state index < -0.39 is 11.2 Å². The Morgan fingerprint density at radius 2 is 1.81 bits per heavy atom. The molecule has 3 aromatic rings. The van der Waals surface area contributed by atoms with Gasteiger partial charge in [0.05, 0.1) is 5.39 Å².